The molecule has 0 spiro atoms. The van der Waals surface area contributed by atoms with Gasteiger partial charge in [0.1, 0.15) is 30.2 Å². The molecule has 1 saturated heterocycles. The van der Waals surface area contributed by atoms with Crippen LogP contribution in [0.5, 0.6) is 0 Å². The first kappa shape index (κ1) is 25.2. The molecule has 1 fully saturated rings. The number of nitrogens with zero attached hydrogens (tertiary/aromatic N) is 4. The van der Waals surface area contributed by atoms with E-state index in [2.05, 4.69) is 24.9 Å². The molecule has 1 aliphatic rings. The molecule has 0 bridgehead atoms. The fraction of sp³-hybridized carbons (Fsp3) is 0.278. The third kappa shape index (κ3) is 6.12. The molecule has 0 aliphatic carbocycles. The van der Waals surface area contributed by atoms with E-state index in [9.17, 15) is 29.4 Å². The average molecular weight is 491 g/mol. The molecule has 186 valence electrons. The lowest BCUT2D eigenvalue weighted by Gasteiger charge is -2.16. The molecule has 0 saturated carbocycles. The van der Waals surface area contributed by atoms with E-state index < -0.39 is 48.1 Å². The molecule has 17 nitrogen and oxygen atoms in total. The minimum absolute atomic E-state index is 0.381. The maximum atomic E-state index is 11.4. The summed E-state index contributed by atoms with van der Waals surface area (Å²) in [5.41, 5.74) is 4.60. The molecular weight excluding hydrogens is 470 g/mol. The van der Waals surface area contributed by atoms with Crippen LogP contribution in [0, 0.1) is 0 Å². The number of nitrogens with two attached hydrogens (primary N) is 1. The zero-order valence-electron chi connectivity index (χ0n) is 17.7. The van der Waals surface area contributed by atoms with Crippen molar-refractivity contribution in [2.45, 2.75) is 24.5 Å². The Morgan fingerprint density at radius 1 is 1.00 bits per heavy atom. The zero-order chi connectivity index (χ0) is 25.5. The number of nitrogen functional groups attached to an aromatic ring is 1. The molecule has 0 radical (unpaired) electrons. The van der Waals surface area contributed by atoms with Crippen LogP contribution >= 0.6 is 0 Å². The Labute approximate surface area is 192 Å². The number of fused-ring (bicyclic) bond motifs is 1. The maximum Gasteiger partial charge on any atom is 0.330 e. The number of nitrogens with one attached hydrogen (secondary N) is 4. The quantitative estimate of drug-likeness (QED) is 0.134. The second-order valence-corrected chi connectivity index (χ2v) is 6.90. The van der Waals surface area contributed by atoms with Crippen molar-refractivity contribution in [2.75, 3.05) is 12.3 Å². The van der Waals surface area contributed by atoms with E-state index in [1.165, 1.54) is 24.9 Å². The Hall–Kier alpha value is -4.45. The number of ether oxygens (including phenoxy) is 1. The van der Waals surface area contributed by atoms with Crippen molar-refractivity contribution < 1.29 is 20.1 Å². The third-order valence-electron chi connectivity index (χ3n) is 4.58. The zero-order valence-corrected chi connectivity index (χ0v) is 17.7. The van der Waals surface area contributed by atoms with Gasteiger partial charge in [-0.25, -0.2) is 24.5 Å². The van der Waals surface area contributed by atoms with Crippen molar-refractivity contribution >= 4 is 17.0 Å². The summed E-state index contributed by atoms with van der Waals surface area (Å²) in [6, 6.07) is 2.33. The molecule has 0 aromatic carbocycles. The molecule has 4 atom stereocenters. The van der Waals surface area contributed by atoms with Crippen molar-refractivity contribution in [3.05, 3.63) is 78.9 Å². The van der Waals surface area contributed by atoms with E-state index in [1.54, 1.807) is 0 Å². The summed E-state index contributed by atoms with van der Waals surface area (Å²) < 4.78 is 6.08. The Morgan fingerprint density at radius 2 is 1.74 bits per heavy atom. The molecule has 0 amide bonds. The standard InChI is InChI=1S/C9H12N2O6.C5H5N5.C4H4N2O2/c12-3-4-6(14)7(15)8(17-4)11-2-1-5(13)10-9(11)16;6-4-3-5(9-1-7-3)10-2-8-4;7-3-1-2-5-4(8)6-3/h1-2,4,6-8,12,14-15H,3H2,(H,10,13,16);1-2H,(H3,6,7,8,9,10);1-2H,(H2,5,6,7,8)/t4-,6-,7-,8-;;/m1../s1. The van der Waals surface area contributed by atoms with Crippen LogP contribution in [0.15, 0.2) is 56.4 Å². The van der Waals surface area contributed by atoms with Crippen LogP contribution in [0.3, 0.4) is 0 Å². The van der Waals surface area contributed by atoms with Gasteiger partial charge < -0.3 is 35.8 Å². The molecule has 17 heteroatoms. The van der Waals surface area contributed by atoms with E-state index in [4.69, 9.17) is 15.6 Å². The molecule has 5 heterocycles. The number of hydrogen-bond donors (Lipinski definition) is 8. The van der Waals surface area contributed by atoms with Gasteiger partial charge in [0, 0.05) is 24.5 Å². The van der Waals surface area contributed by atoms with Crippen molar-refractivity contribution in [2.24, 2.45) is 0 Å². The highest BCUT2D eigenvalue weighted by atomic mass is 16.6. The number of aliphatic hydroxyl groups excluding tert-OH is 3. The number of rotatable bonds is 2. The van der Waals surface area contributed by atoms with Crippen molar-refractivity contribution in [1.82, 2.24) is 39.5 Å². The smallest absolute Gasteiger partial charge is 0.330 e. The number of anilines is 1. The van der Waals surface area contributed by atoms with Gasteiger partial charge in [0.05, 0.1) is 12.9 Å². The van der Waals surface area contributed by atoms with Gasteiger partial charge in [0.25, 0.3) is 11.1 Å². The van der Waals surface area contributed by atoms with Crippen molar-refractivity contribution in [1.29, 1.82) is 0 Å². The maximum absolute atomic E-state index is 11.4. The highest BCUT2D eigenvalue weighted by Crippen LogP contribution is 2.27. The van der Waals surface area contributed by atoms with Crippen LogP contribution in [-0.2, 0) is 4.74 Å². The predicted octanol–water partition coefficient (Wildman–Crippen LogP) is -3.85. The van der Waals surface area contributed by atoms with Gasteiger partial charge in [0.2, 0.25) is 0 Å². The van der Waals surface area contributed by atoms with Crippen LogP contribution in [0.1, 0.15) is 6.23 Å². The van der Waals surface area contributed by atoms with E-state index in [0.717, 1.165) is 16.8 Å². The Bertz CT molecular complexity index is 1460. The molecule has 35 heavy (non-hydrogen) atoms. The van der Waals surface area contributed by atoms with Crippen LogP contribution in [0.25, 0.3) is 11.2 Å². The normalized spacial score (nSPS) is 21.0. The van der Waals surface area contributed by atoms with Gasteiger partial charge in [-0.15, -0.1) is 0 Å². The van der Waals surface area contributed by atoms with Crippen LogP contribution in [0.4, 0.5) is 5.82 Å². The lowest BCUT2D eigenvalue weighted by atomic mass is 10.1. The van der Waals surface area contributed by atoms with Gasteiger partial charge in [-0.2, -0.15) is 0 Å². The van der Waals surface area contributed by atoms with Gasteiger partial charge >= 0.3 is 11.4 Å². The first-order valence-electron chi connectivity index (χ1n) is 9.82. The number of aromatic amines is 4. The van der Waals surface area contributed by atoms with E-state index in [0.29, 0.717) is 17.0 Å². The molecule has 5 rings (SSSR count). The summed E-state index contributed by atoms with van der Waals surface area (Å²) in [4.78, 5) is 63.3. The molecule has 4 aromatic rings. The highest BCUT2D eigenvalue weighted by Gasteiger charge is 2.43. The summed E-state index contributed by atoms with van der Waals surface area (Å²) in [6.45, 7) is -0.479. The highest BCUT2D eigenvalue weighted by molar-refractivity contribution is 5.80. The van der Waals surface area contributed by atoms with Crippen molar-refractivity contribution in [3.63, 3.8) is 0 Å². The molecular formula is C18H21N9O8. The van der Waals surface area contributed by atoms with Gasteiger partial charge in [-0.3, -0.25) is 24.1 Å². The van der Waals surface area contributed by atoms with Crippen LogP contribution < -0.4 is 28.2 Å². The second-order valence-electron chi connectivity index (χ2n) is 6.90. The summed E-state index contributed by atoms with van der Waals surface area (Å²) in [6.07, 6.45) is 0.636. The van der Waals surface area contributed by atoms with Crippen molar-refractivity contribution in [3.8, 4) is 0 Å². The van der Waals surface area contributed by atoms with Gasteiger partial charge in [0.15, 0.2) is 17.7 Å². The summed E-state index contributed by atoms with van der Waals surface area (Å²) >= 11 is 0. The summed E-state index contributed by atoms with van der Waals surface area (Å²) in [5.74, 6) is 0.433. The molecule has 1 aliphatic heterocycles. The summed E-state index contributed by atoms with van der Waals surface area (Å²) in [5, 5.41) is 28.1. The van der Waals surface area contributed by atoms with Crippen LogP contribution in [0.2, 0.25) is 0 Å². The Balaban J connectivity index is 0.000000161. The second kappa shape index (κ2) is 11.1. The SMILES string of the molecule is Nc1ncnc2nc[nH]c12.O=c1cc[nH]c(=O)[nH]1.O=c1ccn([C@@H]2O[C@H](CO)[C@@H](O)[C@H]2O)c(=O)[nH]1. The fourth-order valence-corrected chi connectivity index (χ4v) is 2.90. The lowest BCUT2D eigenvalue weighted by molar-refractivity contribution is -0.0550. The van der Waals surface area contributed by atoms with E-state index in [1.807, 2.05) is 9.97 Å². The number of imidazole rings is 1. The number of aliphatic hydroxyl groups is 3. The topological polar surface area (TPSA) is 271 Å². The fourth-order valence-electron chi connectivity index (χ4n) is 2.90. The first-order valence-corrected chi connectivity index (χ1v) is 9.82. The van der Waals surface area contributed by atoms with E-state index in [-0.39, 0.29) is 5.56 Å². The number of aromatic nitrogens is 8. The minimum atomic E-state index is -1.35. The van der Waals surface area contributed by atoms with Gasteiger partial charge in [-0.1, -0.05) is 0 Å². The monoisotopic (exact) mass is 491 g/mol. The van der Waals surface area contributed by atoms with Gasteiger partial charge in [-0.05, 0) is 0 Å². The largest absolute Gasteiger partial charge is 0.394 e. The minimum Gasteiger partial charge on any atom is -0.394 e. The predicted molar refractivity (Wildman–Crippen MR) is 118 cm³/mol. The summed E-state index contributed by atoms with van der Waals surface area (Å²) in [7, 11) is 0. The molecule has 4 aromatic heterocycles. The molecule has 0 unspecified atom stereocenters. The average Bonchev–Trinajstić information content (AvgIpc) is 3.41. The Morgan fingerprint density at radius 3 is 2.31 bits per heavy atom. The van der Waals surface area contributed by atoms with E-state index >= 15 is 0 Å². The third-order valence-corrected chi connectivity index (χ3v) is 4.58. The Kier molecular flexibility index (Phi) is 8.00. The first-order chi connectivity index (χ1) is 16.7. The number of H-pyrrole nitrogens is 4. The lowest BCUT2D eigenvalue weighted by Crippen LogP contribution is -2.37. The molecule has 9 N–H and O–H groups in total. The van der Waals surface area contributed by atoms with Crippen LogP contribution in [-0.4, -0.2) is 79.7 Å². The number of hydrogen-bond acceptors (Lipinski definition) is 12.